The number of hydrogen-bond acceptors (Lipinski definition) is 3. The van der Waals surface area contributed by atoms with Crippen molar-refractivity contribution < 1.29 is 19.5 Å². The molecule has 1 unspecified atom stereocenters. The van der Waals surface area contributed by atoms with Gasteiger partial charge in [-0.2, -0.15) is 0 Å². The van der Waals surface area contributed by atoms with Crippen LogP contribution < -0.4 is 5.32 Å². The van der Waals surface area contributed by atoms with Crippen LogP contribution in [0.15, 0.2) is 72.8 Å². The van der Waals surface area contributed by atoms with Gasteiger partial charge in [-0.05, 0) is 54.3 Å². The number of carbonyl (C=O) groups excluding carboxylic acids is 2. The van der Waals surface area contributed by atoms with Crippen LogP contribution in [0.5, 0.6) is 0 Å². The third kappa shape index (κ3) is 4.65. The summed E-state index contributed by atoms with van der Waals surface area (Å²) in [6.45, 7) is 0.174. The zero-order valence-electron chi connectivity index (χ0n) is 17.1. The van der Waals surface area contributed by atoms with Crippen molar-refractivity contribution in [3.05, 3.63) is 100 Å². The SMILES string of the molecule is O=C(O)c1ccc(CN2C(=O)c3ccc(Cl)cc3NC(=O)C2CCc2ccccc2)cc1. The summed E-state index contributed by atoms with van der Waals surface area (Å²) in [6.07, 6.45) is 1.06. The number of carboxylic acids is 1. The summed E-state index contributed by atoms with van der Waals surface area (Å²) in [5.41, 5.74) is 2.73. The summed E-state index contributed by atoms with van der Waals surface area (Å²) in [7, 11) is 0. The van der Waals surface area contributed by atoms with Gasteiger partial charge in [-0.25, -0.2) is 4.79 Å². The number of aromatic carboxylic acids is 1. The number of anilines is 1. The highest BCUT2D eigenvalue weighted by molar-refractivity contribution is 6.31. The highest BCUT2D eigenvalue weighted by Gasteiger charge is 2.35. The number of nitrogens with one attached hydrogen (secondary N) is 1. The van der Waals surface area contributed by atoms with Gasteiger partial charge in [-0.15, -0.1) is 0 Å². The van der Waals surface area contributed by atoms with Crippen LogP contribution in [0.2, 0.25) is 5.02 Å². The van der Waals surface area contributed by atoms with E-state index in [-0.39, 0.29) is 23.9 Å². The largest absolute Gasteiger partial charge is 0.478 e. The van der Waals surface area contributed by atoms with E-state index in [0.717, 1.165) is 11.1 Å². The van der Waals surface area contributed by atoms with Crippen molar-refractivity contribution in [3.8, 4) is 0 Å². The first kappa shape index (κ1) is 21.6. The molecule has 0 aliphatic carbocycles. The number of amides is 2. The summed E-state index contributed by atoms with van der Waals surface area (Å²) >= 11 is 6.09. The summed E-state index contributed by atoms with van der Waals surface area (Å²) < 4.78 is 0. The Morgan fingerprint density at radius 2 is 1.69 bits per heavy atom. The lowest BCUT2D eigenvalue weighted by atomic mass is 10.0. The Hall–Kier alpha value is -3.64. The first-order chi connectivity index (χ1) is 15.4. The van der Waals surface area contributed by atoms with Crippen molar-refractivity contribution in [3.63, 3.8) is 0 Å². The van der Waals surface area contributed by atoms with E-state index in [9.17, 15) is 14.4 Å². The predicted molar refractivity (Wildman–Crippen MR) is 122 cm³/mol. The molecule has 0 spiro atoms. The Balaban J connectivity index is 1.67. The highest BCUT2D eigenvalue weighted by atomic mass is 35.5. The van der Waals surface area contributed by atoms with Crippen LogP contribution in [0.4, 0.5) is 5.69 Å². The first-order valence-corrected chi connectivity index (χ1v) is 10.6. The van der Waals surface area contributed by atoms with Crippen molar-refractivity contribution >= 4 is 35.1 Å². The molecule has 32 heavy (non-hydrogen) atoms. The Labute approximate surface area is 190 Å². The number of carboxylic acid groups (broad SMARTS) is 1. The summed E-state index contributed by atoms with van der Waals surface area (Å²) in [6, 6.07) is 20.2. The van der Waals surface area contributed by atoms with Gasteiger partial charge < -0.3 is 15.3 Å². The van der Waals surface area contributed by atoms with Gasteiger partial charge in [0.25, 0.3) is 5.91 Å². The maximum absolute atomic E-state index is 13.5. The molecule has 1 heterocycles. The van der Waals surface area contributed by atoms with Crippen molar-refractivity contribution in [1.29, 1.82) is 0 Å². The predicted octanol–water partition coefficient (Wildman–Crippen LogP) is 4.63. The molecule has 3 aromatic carbocycles. The van der Waals surface area contributed by atoms with Gasteiger partial charge >= 0.3 is 5.97 Å². The summed E-state index contributed by atoms with van der Waals surface area (Å²) in [5.74, 6) is -1.58. The third-order valence-electron chi connectivity index (χ3n) is 5.51. The fourth-order valence-corrected chi connectivity index (χ4v) is 4.00. The van der Waals surface area contributed by atoms with Gasteiger partial charge in [0, 0.05) is 11.6 Å². The third-order valence-corrected chi connectivity index (χ3v) is 5.75. The smallest absolute Gasteiger partial charge is 0.335 e. The zero-order chi connectivity index (χ0) is 22.7. The lowest BCUT2D eigenvalue weighted by molar-refractivity contribution is -0.120. The van der Waals surface area contributed by atoms with Crippen molar-refractivity contribution in [2.45, 2.75) is 25.4 Å². The number of nitrogens with zero attached hydrogens (tertiary/aromatic N) is 1. The topological polar surface area (TPSA) is 86.7 Å². The highest BCUT2D eigenvalue weighted by Crippen LogP contribution is 2.29. The molecule has 0 saturated heterocycles. The van der Waals surface area contributed by atoms with Gasteiger partial charge in [0.15, 0.2) is 0 Å². The molecule has 2 amide bonds. The average molecular weight is 449 g/mol. The monoisotopic (exact) mass is 448 g/mol. The van der Waals surface area contributed by atoms with Crippen LogP contribution in [-0.4, -0.2) is 33.8 Å². The van der Waals surface area contributed by atoms with Gasteiger partial charge in [-0.3, -0.25) is 9.59 Å². The number of carbonyl (C=O) groups is 3. The molecule has 3 aromatic rings. The second kappa shape index (κ2) is 9.24. The van der Waals surface area contributed by atoms with E-state index >= 15 is 0 Å². The maximum Gasteiger partial charge on any atom is 0.335 e. The van der Waals surface area contributed by atoms with Crippen LogP contribution in [-0.2, 0) is 17.8 Å². The van der Waals surface area contributed by atoms with E-state index in [1.54, 1.807) is 35.2 Å². The molecule has 6 nitrogen and oxygen atoms in total. The van der Waals surface area contributed by atoms with E-state index in [1.165, 1.54) is 12.1 Å². The molecular formula is C25H21ClN2O4. The lowest BCUT2D eigenvalue weighted by Gasteiger charge is -2.29. The molecule has 2 N–H and O–H groups in total. The average Bonchev–Trinajstić information content (AvgIpc) is 2.87. The molecule has 0 radical (unpaired) electrons. The number of benzene rings is 3. The molecule has 1 aliphatic heterocycles. The van der Waals surface area contributed by atoms with Gasteiger partial charge in [-0.1, -0.05) is 54.1 Å². The van der Waals surface area contributed by atoms with Crippen molar-refractivity contribution in [2.75, 3.05) is 5.32 Å². The van der Waals surface area contributed by atoms with Crippen LogP contribution in [0.25, 0.3) is 0 Å². The standard InChI is InChI=1S/C25H21ClN2O4/c26-19-11-12-20-21(14-19)27-23(29)22(13-8-16-4-2-1-3-5-16)28(24(20)30)15-17-6-9-18(10-7-17)25(31)32/h1-7,9-12,14,22H,8,13,15H2,(H,27,29)(H,31,32). The fraction of sp³-hybridized carbons (Fsp3) is 0.160. The molecule has 1 atom stereocenters. The Kier molecular flexibility index (Phi) is 6.23. The number of hydrogen-bond donors (Lipinski definition) is 2. The van der Waals surface area contributed by atoms with E-state index in [4.69, 9.17) is 16.7 Å². The minimum Gasteiger partial charge on any atom is -0.478 e. The van der Waals surface area contributed by atoms with Crippen molar-refractivity contribution in [2.24, 2.45) is 0 Å². The van der Waals surface area contributed by atoms with Crippen molar-refractivity contribution in [1.82, 2.24) is 4.90 Å². The quantitative estimate of drug-likeness (QED) is 0.575. The van der Waals surface area contributed by atoms with E-state index in [0.29, 0.717) is 29.1 Å². The molecule has 162 valence electrons. The van der Waals surface area contributed by atoms with Crippen LogP contribution in [0.1, 0.15) is 38.3 Å². The molecule has 0 saturated carbocycles. The van der Waals surface area contributed by atoms with Crippen LogP contribution in [0.3, 0.4) is 0 Å². The first-order valence-electron chi connectivity index (χ1n) is 10.2. The normalized spacial score (nSPS) is 15.7. The Bertz CT molecular complexity index is 1160. The van der Waals surface area contributed by atoms with E-state index in [1.807, 2.05) is 30.3 Å². The molecule has 0 bridgehead atoms. The number of fused-ring (bicyclic) bond motifs is 1. The van der Waals surface area contributed by atoms with Crippen LogP contribution >= 0.6 is 11.6 Å². The molecule has 7 heteroatoms. The van der Waals surface area contributed by atoms with Gasteiger partial charge in [0.05, 0.1) is 16.8 Å². The zero-order valence-corrected chi connectivity index (χ0v) is 17.9. The van der Waals surface area contributed by atoms with Gasteiger partial charge in [0.2, 0.25) is 5.91 Å². The molecule has 4 rings (SSSR count). The van der Waals surface area contributed by atoms with E-state index in [2.05, 4.69) is 5.32 Å². The molecular weight excluding hydrogens is 428 g/mol. The van der Waals surface area contributed by atoms with E-state index < -0.39 is 12.0 Å². The summed E-state index contributed by atoms with van der Waals surface area (Å²) in [4.78, 5) is 39.4. The second-order valence-electron chi connectivity index (χ2n) is 7.65. The number of rotatable bonds is 6. The number of halogens is 1. The minimum absolute atomic E-state index is 0.161. The molecule has 0 fully saturated rings. The lowest BCUT2D eigenvalue weighted by Crippen LogP contribution is -2.45. The Morgan fingerprint density at radius 3 is 2.38 bits per heavy atom. The second-order valence-corrected chi connectivity index (χ2v) is 8.09. The van der Waals surface area contributed by atoms with Crippen LogP contribution in [0, 0.1) is 0 Å². The minimum atomic E-state index is -1.02. The fourth-order valence-electron chi connectivity index (χ4n) is 3.83. The van der Waals surface area contributed by atoms with Gasteiger partial charge in [0.1, 0.15) is 6.04 Å². The maximum atomic E-state index is 13.5. The Morgan fingerprint density at radius 1 is 0.969 bits per heavy atom. The number of aryl methyl sites for hydroxylation is 1. The molecule has 0 aromatic heterocycles. The molecule has 1 aliphatic rings. The summed E-state index contributed by atoms with van der Waals surface area (Å²) in [5, 5.41) is 12.4.